The van der Waals surface area contributed by atoms with Crippen LogP contribution in [0.1, 0.15) is 11.1 Å². The van der Waals surface area contributed by atoms with Crippen LogP contribution in [0.4, 0.5) is 11.4 Å². The van der Waals surface area contributed by atoms with Gasteiger partial charge < -0.3 is 4.90 Å². The molecule has 1 amide bonds. The standard InChI is InChI=1S/C23H24N2O3S/c1-18-14-15-19(2)22(16-18)25(29(27,28)21-12-8-5-9-13-21)17-23(26)24(3)20-10-6-4-7-11-20/h4-16H,17H2,1-3H3. The summed E-state index contributed by atoms with van der Waals surface area (Å²) in [6.07, 6.45) is 0. The fraction of sp³-hybridized carbons (Fsp3) is 0.174. The van der Waals surface area contributed by atoms with Crippen LogP contribution in [-0.4, -0.2) is 27.9 Å². The van der Waals surface area contributed by atoms with Crippen LogP contribution in [0, 0.1) is 13.8 Å². The maximum Gasteiger partial charge on any atom is 0.264 e. The predicted molar refractivity (Wildman–Crippen MR) is 117 cm³/mol. The van der Waals surface area contributed by atoms with E-state index >= 15 is 0 Å². The summed E-state index contributed by atoms with van der Waals surface area (Å²) in [7, 11) is -2.27. The van der Waals surface area contributed by atoms with E-state index in [0.29, 0.717) is 11.4 Å². The van der Waals surface area contributed by atoms with Crippen LogP contribution in [0.3, 0.4) is 0 Å². The first-order chi connectivity index (χ1) is 13.8. The Balaban J connectivity index is 2.04. The molecule has 6 heteroatoms. The summed E-state index contributed by atoms with van der Waals surface area (Å²) in [5.41, 5.74) is 2.91. The minimum absolute atomic E-state index is 0.149. The first kappa shape index (κ1) is 20.6. The number of sulfonamides is 1. The molecule has 3 aromatic rings. The summed E-state index contributed by atoms with van der Waals surface area (Å²) in [6, 6.07) is 22.9. The molecule has 0 saturated heterocycles. The topological polar surface area (TPSA) is 57.7 Å². The summed E-state index contributed by atoms with van der Waals surface area (Å²) in [5, 5.41) is 0. The molecule has 0 heterocycles. The number of rotatable bonds is 6. The Labute approximate surface area is 172 Å². The molecule has 150 valence electrons. The molecule has 0 spiro atoms. The zero-order chi connectivity index (χ0) is 21.0. The number of nitrogens with zero attached hydrogens (tertiary/aromatic N) is 2. The van der Waals surface area contributed by atoms with Gasteiger partial charge in [-0.15, -0.1) is 0 Å². The lowest BCUT2D eigenvalue weighted by molar-refractivity contribution is -0.116. The highest BCUT2D eigenvalue weighted by atomic mass is 32.2. The van der Waals surface area contributed by atoms with Crippen LogP contribution in [0.5, 0.6) is 0 Å². The Morgan fingerprint density at radius 3 is 2.07 bits per heavy atom. The van der Waals surface area contributed by atoms with Gasteiger partial charge in [0.05, 0.1) is 10.6 Å². The number of likely N-dealkylation sites (N-methyl/N-ethyl adjacent to an activating group) is 1. The summed E-state index contributed by atoms with van der Waals surface area (Å²) < 4.78 is 28.1. The highest BCUT2D eigenvalue weighted by Gasteiger charge is 2.29. The quantitative estimate of drug-likeness (QED) is 0.615. The predicted octanol–water partition coefficient (Wildman–Crippen LogP) is 4.16. The molecule has 3 rings (SSSR count). The number of hydrogen-bond donors (Lipinski definition) is 0. The second-order valence-electron chi connectivity index (χ2n) is 6.90. The van der Waals surface area contributed by atoms with Gasteiger partial charge >= 0.3 is 0 Å². The van der Waals surface area contributed by atoms with E-state index in [4.69, 9.17) is 0 Å². The Morgan fingerprint density at radius 2 is 1.45 bits per heavy atom. The minimum atomic E-state index is -3.92. The van der Waals surface area contributed by atoms with E-state index in [2.05, 4.69) is 0 Å². The Bertz CT molecular complexity index is 1100. The maximum absolute atomic E-state index is 13.4. The fourth-order valence-electron chi connectivity index (χ4n) is 3.03. The maximum atomic E-state index is 13.4. The van der Waals surface area contributed by atoms with Gasteiger partial charge in [-0.1, -0.05) is 48.5 Å². The van der Waals surface area contributed by atoms with Crippen LogP contribution < -0.4 is 9.21 Å². The molecular formula is C23H24N2O3S. The normalized spacial score (nSPS) is 11.1. The van der Waals surface area contributed by atoms with Crippen molar-refractivity contribution in [2.75, 3.05) is 22.8 Å². The highest BCUT2D eigenvalue weighted by molar-refractivity contribution is 7.92. The summed E-state index contributed by atoms with van der Waals surface area (Å²) >= 11 is 0. The van der Waals surface area contributed by atoms with Crippen molar-refractivity contribution in [1.29, 1.82) is 0 Å². The molecule has 0 radical (unpaired) electrons. The largest absolute Gasteiger partial charge is 0.314 e. The minimum Gasteiger partial charge on any atom is -0.314 e. The van der Waals surface area contributed by atoms with Gasteiger partial charge in [0.25, 0.3) is 10.0 Å². The van der Waals surface area contributed by atoms with Crippen LogP contribution in [0.15, 0.2) is 83.8 Å². The number of benzene rings is 3. The smallest absolute Gasteiger partial charge is 0.264 e. The molecule has 0 bridgehead atoms. The number of carbonyl (C=O) groups excluding carboxylic acids is 1. The number of anilines is 2. The number of para-hydroxylation sites is 1. The van der Waals surface area contributed by atoms with E-state index in [-0.39, 0.29) is 17.3 Å². The molecule has 0 aliphatic heterocycles. The molecule has 0 aromatic heterocycles. The molecule has 0 aliphatic rings. The number of aryl methyl sites for hydroxylation is 2. The van der Waals surface area contributed by atoms with Gasteiger partial charge in [-0.2, -0.15) is 0 Å². The summed E-state index contributed by atoms with van der Waals surface area (Å²) in [6.45, 7) is 3.44. The molecule has 0 atom stereocenters. The molecule has 0 N–H and O–H groups in total. The molecule has 0 fully saturated rings. The van der Waals surface area contributed by atoms with Gasteiger partial charge in [-0.3, -0.25) is 9.10 Å². The van der Waals surface area contributed by atoms with Crippen molar-refractivity contribution in [3.05, 3.63) is 90.0 Å². The van der Waals surface area contributed by atoms with Gasteiger partial charge in [-0.05, 0) is 55.3 Å². The first-order valence-electron chi connectivity index (χ1n) is 9.27. The van der Waals surface area contributed by atoms with E-state index in [1.165, 1.54) is 9.21 Å². The van der Waals surface area contributed by atoms with Gasteiger partial charge in [-0.25, -0.2) is 8.42 Å². The number of amides is 1. The van der Waals surface area contributed by atoms with Crippen molar-refractivity contribution in [1.82, 2.24) is 0 Å². The fourth-order valence-corrected chi connectivity index (χ4v) is 4.52. The average molecular weight is 409 g/mol. The molecule has 0 saturated carbocycles. The second-order valence-corrected chi connectivity index (χ2v) is 8.77. The van der Waals surface area contributed by atoms with Gasteiger partial charge in [0.1, 0.15) is 6.54 Å². The third kappa shape index (κ3) is 4.49. The molecule has 29 heavy (non-hydrogen) atoms. The van der Waals surface area contributed by atoms with E-state index < -0.39 is 10.0 Å². The zero-order valence-electron chi connectivity index (χ0n) is 16.7. The van der Waals surface area contributed by atoms with Gasteiger partial charge in [0.15, 0.2) is 0 Å². The van der Waals surface area contributed by atoms with Crippen molar-refractivity contribution in [2.45, 2.75) is 18.7 Å². The lowest BCUT2D eigenvalue weighted by atomic mass is 10.1. The van der Waals surface area contributed by atoms with Crippen molar-refractivity contribution in [3.63, 3.8) is 0 Å². The summed E-state index contributed by atoms with van der Waals surface area (Å²) in [5.74, 6) is -0.323. The molecular weight excluding hydrogens is 384 g/mol. The zero-order valence-corrected chi connectivity index (χ0v) is 17.6. The van der Waals surface area contributed by atoms with Crippen molar-refractivity contribution in [2.24, 2.45) is 0 Å². The third-order valence-electron chi connectivity index (χ3n) is 4.76. The van der Waals surface area contributed by atoms with E-state index in [0.717, 1.165) is 11.1 Å². The van der Waals surface area contributed by atoms with Gasteiger partial charge in [0, 0.05) is 12.7 Å². The van der Waals surface area contributed by atoms with E-state index in [1.807, 2.05) is 56.3 Å². The monoisotopic (exact) mass is 408 g/mol. The summed E-state index contributed by atoms with van der Waals surface area (Å²) in [4.78, 5) is 14.6. The Kier molecular flexibility index (Phi) is 6.03. The van der Waals surface area contributed by atoms with Crippen LogP contribution >= 0.6 is 0 Å². The molecule has 0 aliphatic carbocycles. The van der Waals surface area contributed by atoms with Crippen molar-refractivity contribution >= 4 is 27.3 Å². The lowest BCUT2D eigenvalue weighted by Gasteiger charge is -2.28. The van der Waals surface area contributed by atoms with Crippen LogP contribution in [0.2, 0.25) is 0 Å². The lowest BCUT2D eigenvalue weighted by Crippen LogP contribution is -2.42. The average Bonchev–Trinajstić information content (AvgIpc) is 2.74. The molecule has 3 aromatic carbocycles. The van der Waals surface area contributed by atoms with Crippen LogP contribution in [0.25, 0.3) is 0 Å². The Morgan fingerprint density at radius 1 is 0.862 bits per heavy atom. The first-order valence-corrected chi connectivity index (χ1v) is 10.7. The molecule has 5 nitrogen and oxygen atoms in total. The van der Waals surface area contributed by atoms with Crippen molar-refractivity contribution < 1.29 is 13.2 Å². The van der Waals surface area contributed by atoms with E-state index in [1.54, 1.807) is 43.4 Å². The number of carbonyl (C=O) groups is 1. The van der Waals surface area contributed by atoms with Crippen molar-refractivity contribution in [3.8, 4) is 0 Å². The third-order valence-corrected chi connectivity index (χ3v) is 6.53. The number of hydrogen-bond acceptors (Lipinski definition) is 3. The van der Waals surface area contributed by atoms with E-state index in [9.17, 15) is 13.2 Å². The second kappa shape index (κ2) is 8.49. The molecule has 0 unspecified atom stereocenters. The Hall–Kier alpha value is -3.12. The van der Waals surface area contributed by atoms with Crippen LogP contribution in [-0.2, 0) is 14.8 Å². The highest BCUT2D eigenvalue weighted by Crippen LogP contribution is 2.28. The van der Waals surface area contributed by atoms with Gasteiger partial charge in [0.2, 0.25) is 5.91 Å². The SMILES string of the molecule is Cc1ccc(C)c(N(CC(=O)N(C)c2ccccc2)S(=O)(=O)c2ccccc2)c1.